The van der Waals surface area contributed by atoms with E-state index in [0.29, 0.717) is 19.2 Å². The summed E-state index contributed by atoms with van der Waals surface area (Å²) in [6, 6.07) is 1.67. The predicted molar refractivity (Wildman–Crippen MR) is 73.4 cm³/mol. The molecule has 0 saturated carbocycles. The number of nitrogens with zero attached hydrogens (tertiary/aromatic N) is 2. The van der Waals surface area contributed by atoms with Crippen molar-refractivity contribution in [2.75, 3.05) is 25.9 Å². The number of rotatable bonds is 4. The van der Waals surface area contributed by atoms with Gasteiger partial charge in [-0.15, -0.1) is 0 Å². The molecule has 1 amide bonds. The highest BCUT2D eigenvalue weighted by molar-refractivity contribution is 5.99. The molecule has 21 heavy (non-hydrogen) atoms. The predicted octanol–water partition coefficient (Wildman–Crippen LogP) is 1.57. The van der Waals surface area contributed by atoms with Gasteiger partial charge in [-0.3, -0.25) is 14.9 Å². The van der Waals surface area contributed by atoms with E-state index in [2.05, 4.69) is 0 Å². The minimum Gasteiger partial charge on any atom is -0.396 e. The van der Waals surface area contributed by atoms with Gasteiger partial charge < -0.3 is 15.4 Å². The third-order valence-corrected chi connectivity index (χ3v) is 3.39. The Bertz CT molecular complexity index is 573. The first-order chi connectivity index (χ1) is 9.90. The third kappa shape index (κ3) is 3.27. The van der Waals surface area contributed by atoms with Crippen LogP contribution in [0, 0.1) is 15.9 Å². The molecule has 2 N–H and O–H groups in total. The summed E-state index contributed by atoms with van der Waals surface area (Å²) in [5.41, 5.74) is 4.29. The number of halogens is 1. The van der Waals surface area contributed by atoms with Gasteiger partial charge in [-0.25, -0.2) is 4.39 Å². The van der Waals surface area contributed by atoms with Crippen molar-refractivity contribution in [1.29, 1.82) is 0 Å². The quantitative estimate of drug-likeness (QED) is 0.516. The van der Waals surface area contributed by atoms with Gasteiger partial charge in [0.2, 0.25) is 0 Å². The number of amides is 1. The van der Waals surface area contributed by atoms with Gasteiger partial charge in [0.1, 0.15) is 5.56 Å². The van der Waals surface area contributed by atoms with Crippen LogP contribution in [0.1, 0.15) is 23.2 Å². The smallest absolute Gasteiger partial charge is 0.285 e. The van der Waals surface area contributed by atoms with E-state index in [1.165, 1.54) is 11.9 Å². The van der Waals surface area contributed by atoms with Crippen LogP contribution in [0.2, 0.25) is 0 Å². The first-order valence-corrected chi connectivity index (χ1v) is 6.50. The van der Waals surface area contributed by atoms with Crippen LogP contribution in [0.15, 0.2) is 12.1 Å². The average molecular weight is 297 g/mol. The average Bonchev–Trinajstić information content (AvgIpc) is 2.93. The summed E-state index contributed by atoms with van der Waals surface area (Å²) in [4.78, 5) is 23.8. The minimum absolute atomic E-state index is 0.0733. The molecule has 1 atom stereocenters. The summed E-state index contributed by atoms with van der Waals surface area (Å²) in [5, 5.41) is 11.0. The van der Waals surface area contributed by atoms with Crippen LogP contribution in [-0.2, 0) is 4.74 Å². The maximum absolute atomic E-state index is 13.3. The fourth-order valence-corrected chi connectivity index (χ4v) is 2.28. The number of ether oxygens (including phenoxy) is 1. The van der Waals surface area contributed by atoms with Crippen LogP contribution in [0.25, 0.3) is 0 Å². The number of benzene rings is 1. The molecular weight excluding hydrogens is 281 g/mol. The van der Waals surface area contributed by atoms with Crippen molar-refractivity contribution < 1.29 is 18.8 Å². The molecule has 1 heterocycles. The van der Waals surface area contributed by atoms with Crippen molar-refractivity contribution in [1.82, 2.24) is 4.90 Å². The molecule has 114 valence electrons. The number of carbonyl (C=O) groups excluding carboxylic acids is 1. The zero-order valence-electron chi connectivity index (χ0n) is 11.5. The highest BCUT2D eigenvalue weighted by Crippen LogP contribution is 2.26. The second-order valence-electron chi connectivity index (χ2n) is 4.97. The molecule has 0 spiro atoms. The molecule has 0 radical (unpaired) electrons. The van der Waals surface area contributed by atoms with Crippen LogP contribution in [0.3, 0.4) is 0 Å². The summed E-state index contributed by atoms with van der Waals surface area (Å²) in [6.45, 7) is 0.976. The van der Waals surface area contributed by atoms with Gasteiger partial charge >= 0.3 is 0 Å². The molecule has 0 aromatic heterocycles. The Morgan fingerprint density at radius 3 is 2.90 bits per heavy atom. The second-order valence-corrected chi connectivity index (χ2v) is 4.97. The van der Waals surface area contributed by atoms with Crippen molar-refractivity contribution in [3.63, 3.8) is 0 Å². The number of nitrogen functional groups attached to an aromatic ring is 1. The zero-order valence-corrected chi connectivity index (χ0v) is 11.5. The fraction of sp³-hybridized carbons (Fsp3) is 0.462. The van der Waals surface area contributed by atoms with Crippen LogP contribution in [0.4, 0.5) is 15.8 Å². The monoisotopic (exact) mass is 297 g/mol. The summed E-state index contributed by atoms with van der Waals surface area (Å²) in [6.07, 6.45) is 1.69. The molecule has 2 rings (SSSR count). The zero-order chi connectivity index (χ0) is 15.6. The first kappa shape index (κ1) is 15.2. The molecule has 1 saturated heterocycles. The van der Waals surface area contributed by atoms with Gasteiger partial charge in [-0.05, 0) is 18.9 Å². The lowest BCUT2D eigenvalue weighted by molar-refractivity contribution is -0.385. The van der Waals surface area contributed by atoms with Gasteiger partial charge in [-0.1, -0.05) is 0 Å². The Labute approximate surface area is 120 Å². The number of nitrogens with two attached hydrogens (primary N) is 1. The number of carbonyl (C=O) groups is 1. The molecule has 1 aliphatic rings. The Morgan fingerprint density at radius 2 is 2.33 bits per heavy atom. The summed E-state index contributed by atoms with van der Waals surface area (Å²) in [5.74, 6) is -1.50. The van der Waals surface area contributed by atoms with E-state index in [0.717, 1.165) is 18.9 Å². The SMILES string of the molecule is CN(CC1CCCO1)C(=O)c1cc(N)c(F)cc1[N+](=O)[O-]. The molecular formula is C13H16FN3O4. The molecule has 8 heteroatoms. The van der Waals surface area contributed by atoms with Gasteiger partial charge in [0.05, 0.1) is 22.8 Å². The standard InChI is InChI=1S/C13H16FN3O4/c1-16(7-8-3-2-4-21-8)13(18)9-5-11(15)10(14)6-12(9)17(19)20/h5-6,8H,2-4,7,15H2,1H3. The molecule has 1 aromatic carbocycles. The van der Waals surface area contributed by atoms with Crippen LogP contribution in [-0.4, -0.2) is 42.0 Å². The molecule has 1 aliphatic heterocycles. The number of nitro groups is 1. The maximum atomic E-state index is 13.3. The topological polar surface area (TPSA) is 98.7 Å². The molecule has 1 aromatic rings. The van der Waals surface area contributed by atoms with Crippen molar-refractivity contribution >= 4 is 17.3 Å². The van der Waals surface area contributed by atoms with E-state index in [1.807, 2.05) is 0 Å². The van der Waals surface area contributed by atoms with Gasteiger partial charge in [0, 0.05) is 20.2 Å². The Hall–Kier alpha value is -2.22. The van der Waals surface area contributed by atoms with E-state index < -0.39 is 22.3 Å². The van der Waals surface area contributed by atoms with Crippen LogP contribution < -0.4 is 5.73 Å². The van der Waals surface area contributed by atoms with Gasteiger partial charge in [0.25, 0.3) is 11.6 Å². The third-order valence-electron chi connectivity index (χ3n) is 3.39. The summed E-state index contributed by atoms with van der Waals surface area (Å²) in [7, 11) is 1.52. The lowest BCUT2D eigenvalue weighted by Gasteiger charge is -2.21. The number of nitro benzene ring substituents is 1. The van der Waals surface area contributed by atoms with E-state index in [9.17, 15) is 19.3 Å². The first-order valence-electron chi connectivity index (χ1n) is 6.50. The van der Waals surface area contributed by atoms with E-state index >= 15 is 0 Å². The highest BCUT2D eigenvalue weighted by Gasteiger charge is 2.27. The van der Waals surface area contributed by atoms with Crippen LogP contribution in [0.5, 0.6) is 0 Å². The molecule has 1 fully saturated rings. The van der Waals surface area contributed by atoms with E-state index in [-0.39, 0.29) is 17.4 Å². The number of likely N-dealkylation sites (N-methyl/N-ethyl adjacent to an activating group) is 1. The van der Waals surface area contributed by atoms with Crippen LogP contribution >= 0.6 is 0 Å². The van der Waals surface area contributed by atoms with Crippen molar-refractivity contribution in [2.24, 2.45) is 0 Å². The number of anilines is 1. The second kappa shape index (κ2) is 6.04. The molecule has 0 bridgehead atoms. The number of hydrogen-bond donors (Lipinski definition) is 1. The Morgan fingerprint density at radius 1 is 1.62 bits per heavy atom. The Kier molecular flexibility index (Phi) is 4.37. The summed E-state index contributed by atoms with van der Waals surface area (Å²) < 4.78 is 18.8. The Balaban J connectivity index is 2.24. The lowest BCUT2D eigenvalue weighted by Crippen LogP contribution is -2.34. The maximum Gasteiger partial charge on any atom is 0.285 e. The number of hydrogen-bond acceptors (Lipinski definition) is 5. The van der Waals surface area contributed by atoms with E-state index in [4.69, 9.17) is 10.5 Å². The molecule has 1 unspecified atom stereocenters. The molecule has 7 nitrogen and oxygen atoms in total. The summed E-state index contributed by atoms with van der Waals surface area (Å²) >= 11 is 0. The molecule has 0 aliphatic carbocycles. The van der Waals surface area contributed by atoms with E-state index in [1.54, 1.807) is 0 Å². The van der Waals surface area contributed by atoms with Crippen molar-refractivity contribution in [2.45, 2.75) is 18.9 Å². The van der Waals surface area contributed by atoms with Crippen molar-refractivity contribution in [3.8, 4) is 0 Å². The highest BCUT2D eigenvalue weighted by atomic mass is 19.1. The van der Waals surface area contributed by atoms with Gasteiger partial charge in [0.15, 0.2) is 5.82 Å². The van der Waals surface area contributed by atoms with Crippen molar-refractivity contribution in [3.05, 3.63) is 33.6 Å². The van der Waals surface area contributed by atoms with Gasteiger partial charge in [-0.2, -0.15) is 0 Å². The lowest BCUT2D eigenvalue weighted by atomic mass is 10.1. The fourth-order valence-electron chi connectivity index (χ4n) is 2.28. The largest absolute Gasteiger partial charge is 0.396 e. The minimum atomic E-state index is -0.917. The normalized spacial score (nSPS) is 17.7.